The third-order valence-corrected chi connectivity index (χ3v) is 5.88. The van der Waals surface area contributed by atoms with Gasteiger partial charge in [0.1, 0.15) is 12.0 Å². The highest BCUT2D eigenvalue weighted by atomic mass is 32.1. The molecule has 2 saturated heterocycles. The first-order valence-electron chi connectivity index (χ1n) is 10.4. The smallest absolute Gasteiger partial charge is 0.236 e. The molecular weight excluding hydrogens is 388 g/mol. The van der Waals surface area contributed by atoms with E-state index in [1.807, 2.05) is 34.9 Å². The molecule has 2 aliphatic heterocycles. The third-order valence-electron chi connectivity index (χ3n) is 5.66. The van der Waals surface area contributed by atoms with Gasteiger partial charge in [-0.05, 0) is 68.9 Å². The van der Waals surface area contributed by atoms with E-state index in [1.165, 1.54) is 0 Å². The highest BCUT2D eigenvalue weighted by Gasteiger charge is 2.31. The van der Waals surface area contributed by atoms with E-state index in [-0.39, 0.29) is 18.5 Å². The molecule has 3 N–H and O–H groups in total. The molecule has 7 nitrogen and oxygen atoms in total. The van der Waals surface area contributed by atoms with Crippen molar-refractivity contribution in [1.29, 1.82) is 0 Å². The summed E-state index contributed by atoms with van der Waals surface area (Å²) in [6.07, 6.45) is 4.10. The SMILES string of the molecule is COc1ccc(C)cc1NC(=S)NC1CCCCN(CC(=O)N2CCCC2)C1O. The Morgan fingerprint density at radius 1 is 1.24 bits per heavy atom. The fourth-order valence-corrected chi connectivity index (χ4v) is 4.28. The van der Waals surface area contributed by atoms with E-state index in [1.54, 1.807) is 7.11 Å². The van der Waals surface area contributed by atoms with Crippen molar-refractivity contribution in [2.45, 2.75) is 51.3 Å². The van der Waals surface area contributed by atoms with Crippen LogP contribution in [0.4, 0.5) is 5.69 Å². The summed E-state index contributed by atoms with van der Waals surface area (Å²) in [7, 11) is 1.62. The van der Waals surface area contributed by atoms with Crippen LogP contribution in [0.25, 0.3) is 0 Å². The van der Waals surface area contributed by atoms with Crippen LogP contribution < -0.4 is 15.4 Å². The lowest BCUT2D eigenvalue weighted by Crippen LogP contribution is -2.53. The van der Waals surface area contributed by atoms with E-state index < -0.39 is 6.23 Å². The van der Waals surface area contributed by atoms with E-state index in [0.29, 0.717) is 17.4 Å². The summed E-state index contributed by atoms with van der Waals surface area (Å²) in [6.45, 7) is 4.63. The summed E-state index contributed by atoms with van der Waals surface area (Å²) >= 11 is 5.50. The first kappa shape index (κ1) is 21.8. The molecule has 2 heterocycles. The standard InChI is InChI=1S/C21H32N4O3S/c1-15-8-9-18(28-2)17(13-15)23-21(29)22-16-7-3-4-12-25(20(16)27)14-19(26)24-10-5-6-11-24/h8-9,13,16,20,27H,3-7,10-12,14H2,1-2H3,(H2,22,23,29). The normalized spacial score (nSPS) is 22.8. The average molecular weight is 421 g/mol. The molecule has 3 rings (SSSR count). The second-order valence-electron chi connectivity index (χ2n) is 7.88. The zero-order valence-electron chi connectivity index (χ0n) is 17.3. The Bertz CT molecular complexity index is 724. The van der Waals surface area contributed by atoms with Gasteiger partial charge < -0.3 is 25.4 Å². The molecule has 0 saturated carbocycles. The van der Waals surface area contributed by atoms with E-state index in [4.69, 9.17) is 17.0 Å². The van der Waals surface area contributed by atoms with Crippen molar-refractivity contribution in [2.24, 2.45) is 0 Å². The summed E-state index contributed by atoms with van der Waals surface area (Å²) in [5, 5.41) is 17.8. The second-order valence-corrected chi connectivity index (χ2v) is 8.28. The number of rotatable bonds is 5. The fraction of sp³-hybridized carbons (Fsp3) is 0.619. The lowest BCUT2D eigenvalue weighted by molar-refractivity contribution is -0.134. The number of thiocarbonyl (C=S) groups is 1. The zero-order valence-corrected chi connectivity index (χ0v) is 18.1. The van der Waals surface area contributed by atoms with Crippen LogP contribution in [0, 0.1) is 6.92 Å². The molecule has 1 aromatic carbocycles. The van der Waals surface area contributed by atoms with Crippen LogP contribution in [0.1, 0.15) is 37.7 Å². The molecule has 0 bridgehead atoms. The minimum absolute atomic E-state index is 0.104. The van der Waals surface area contributed by atoms with Crippen LogP contribution in [-0.4, -0.2) is 71.5 Å². The summed E-state index contributed by atoms with van der Waals surface area (Å²) in [6, 6.07) is 5.61. The van der Waals surface area contributed by atoms with Crippen LogP contribution in [0.5, 0.6) is 5.75 Å². The van der Waals surface area contributed by atoms with Gasteiger partial charge in [-0.25, -0.2) is 0 Å². The molecule has 0 spiro atoms. The van der Waals surface area contributed by atoms with Gasteiger partial charge in [0, 0.05) is 19.6 Å². The molecule has 160 valence electrons. The minimum atomic E-state index is -0.761. The van der Waals surface area contributed by atoms with Gasteiger partial charge in [0.15, 0.2) is 5.11 Å². The van der Waals surface area contributed by atoms with Gasteiger partial charge in [-0.2, -0.15) is 0 Å². The Morgan fingerprint density at radius 3 is 2.69 bits per heavy atom. The molecule has 2 fully saturated rings. The number of anilines is 1. The lowest BCUT2D eigenvalue weighted by Gasteiger charge is -2.32. The summed E-state index contributed by atoms with van der Waals surface area (Å²) in [5.41, 5.74) is 1.88. The van der Waals surface area contributed by atoms with Crippen LogP contribution in [0.2, 0.25) is 0 Å². The van der Waals surface area contributed by atoms with Gasteiger partial charge in [-0.15, -0.1) is 0 Å². The van der Waals surface area contributed by atoms with Gasteiger partial charge in [-0.1, -0.05) is 6.07 Å². The number of carbonyl (C=O) groups excluding carboxylic acids is 1. The Morgan fingerprint density at radius 2 is 1.97 bits per heavy atom. The number of amides is 1. The van der Waals surface area contributed by atoms with Gasteiger partial charge in [-0.3, -0.25) is 9.69 Å². The summed E-state index contributed by atoms with van der Waals surface area (Å²) in [4.78, 5) is 16.3. The third kappa shape index (κ3) is 5.81. The average Bonchev–Trinajstić information content (AvgIpc) is 3.18. The first-order chi connectivity index (χ1) is 14.0. The molecule has 29 heavy (non-hydrogen) atoms. The van der Waals surface area contributed by atoms with Crippen LogP contribution in [0.3, 0.4) is 0 Å². The number of benzene rings is 1. The number of aryl methyl sites for hydroxylation is 1. The zero-order chi connectivity index (χ0) is 20.8. The maximum Gasteiger partial charge on any atom is 0.236 e. The van der Waals surface area contributed by atoms with Gasteiger partial charge in [0.05, 0.1) is 25.4 Å². The van der Waals surface area contributed by atoms with Crippen molar-refractivity contribution >= 4 is 28.9 Å². The van der Waals surface area contributed by atoms with E-state index in [2.05, 4.69) is 10.6 Å². The van der Waals surface area contributed by atoms with Crippen molar-refractivity contribution in [1.82, 2.24) is 15.1 Å². The fourth-order valence-electron chi connectivity index (χ4n) is 4.02. The second kappa shape index (κ2) is 10.2. The monoisotopic (exact) mass is 420 g/mol. The van der Waals surface area contributed by atoms with E-state index in [0.717, 1.165) is 56.4 Å². The lowest BCUT2D eigenvalue weighted by atomic mass is 10.1. The summed E-state index contributed by atoms with van der Waals surface area (Å²) < 4.78 is 5.39. The Hall–Kier alpha value is -1.90. The topological polar surface area (TPSA) is 77.1 Å². The molecule has 2 unspecified atom stereocenters. The van der Waals surface area contributed by atoms with Gasteiger partial charge in [0.25, 0.3) is 0 Å². The molecule has 1 amide bonds. The van der Waals surface area contributed by atoms with Crippen molar-refractivity contribution in [3.8, 4) is 5.75 Å². The minimum Gasteiger partial charge on any atom is -0.495 e. The number of likely N-dealkylation sites (tertiary alicyclic amines) is 2. The maximum absolute atomic E-state index is 12.5. The van der Waals surface area contributed by atoms with Crippen LogP contribution >= 0.6 is 12.2 Å². The first-order valence-corrected chi connectivity index (χ1v) is 10.8. The highest BCUT2D eigenvalue weighted by molar-refractivity contribution is 7.80. The number of nitrogens with zero attached hydrogens (tertiary/aromatic N) is 2. The molecule has 2 atom stereocenters. The number of carbonyl (C=O) groups is 1. The quantitative estimate of drug-likeness (QED) is 0.630. The number of hydrogen-bond acceptors (Lipinski definition) is 5. The number of ether oxygens (including phenoxy) is 1. The number of methoxy groups -OCH3 is 1. The molecule has 8 heteroatoms. The van der Waals surface area contributed by atoms with E-state index in [9.17, 15) is 9.90 Å². The number of aliphatic hydroxyl groups excluding tert-OH is 1. The molecule has 2 aliphatic rings. The largest absolute Gasteiger partial charge is 0.495 e. The van der Waals surface area contributed by atoms with Gasteiger partial charge >= 0.3 is 0 Å². The van der Waals surface area contributed by atoms with Crippen molar-refractivity contribution in [3.63, 3.8) is 0 Å². The van der Waals surface area contributed by atoms with Crippen molar-refractivity contribution in [3.05, 3.63) is 23.8 Å². The summed E-state index contributed by atoms with van der Waals surface area (Å²) in [5.74, 6) is 0.811. The van der Waals surface area contributed by atoms with Crippen molar-refractivity contribution in [2.75, 3.05) is 38.6 Å². The predicted octanol–water partition coefficient (Wildman–Crippen LogP) is 2.09. The Kier molecular flexibility index (Phi) is 7.69. The molecule has 0 aliphatic carbocycles. The molecular formula is C21H32N4O3S. The van der Waals surface area contributed by atoms with E-state index >= 15 is 0 Å². The molecule has 0 radical (unpaired) electrons. The Balaban J connectivity index is 1.60. The number of hydrogen-bond donors (Lipinski definition) is 3. The van der Waals surface area contributed by atoms with Crippen LogP contribution in [0.15, 0.2) is 18.2 Å². The van der Waals surface area contributed by atoms with Gasteiger partial charge in [0.2, 0.25) is 5.91 Å². The maximum atomic E-state index is 12.5. The predicted molar refractivity (Wildman–Crippen MR) is 118 cm³/mol. The van der Waals surface area contributed by atoms with Crippen LogP contribution in [-0.2, 0) is 4.79 Å². The number of nitrogens with one attached hydrogen (secondary N) is 2. The highest BCUT2D eigenvalue weighted by Crippen LogP contribution is 2.25. The molecule has 1 aromatic rings. The Labute approximate surface area is 178 Å². The number of aliphatic hydroxyl groups is 1. The van der Waals surface area contributed by atoms with Crippen molar-refractivity contribution < 1.29 is 14.6 Å². The molecule has 0 aromatic heterocycles.